The molecule has 0 aromatic rings. The summed E-state index contributed by atoms with van der Waals surface area (Å²) in [5, 5.41) is 0. The molecule has 0 heterocycles. The molecule has 0 unspecified atom stereocenters. The molecule has 0 aliphatic carbocycles. The smallest absolute Gasteiger partial charge is 0.691 e. The summed E-state index contributed by atoms with van der Waals surface area (Å²) in [7, 11) is 0. The third kappa shape index (κ3) is 28.6. The van der Waals surface area contributed by atoms with Crippen LogP contribution in [-0.2, 0) is 66.2 Å². The summed E-state index contributed by atoms with van der Waals surface area (Å²) in [4.78, 5) is 0. The summed E-state index contributed by atoms with van der Waals surface area (Å²) < 4.78 is 21.3. The molecule has 0 fully saturated rings. The summed E-state index contributed by atoms with van der Waals surface area (Å²) in [6.07, 6.45) is 8.41. The predicted molar refractivity (Wildman–Crippen MR) is 132 cm³/mol. The molecule has 0 bridgehead atoms. The van der Waals surface area contributed by atoms with Crippen LogP contribution in [0.4, 0.5) is 0 Å². The molecule has 11 heteroatoms. The van der Waals surface area contributed by atoms with E-state index < -0.39 is 11.4 Å². The minimum atomic E-state index is -2.34. The van der Waals surface area contributed by atoms with Gasteiger partial charge in [-0.3, -0.25) is 0 Å². The van der Waals surface area contributed by atoms with Crippen molar-refractivity contribution in [2.24, 2.45) is 0 Å². The van der Waals surface area contributed by atoms with Crippen molar-refractivity contribution in [2.75, 3.05) is 26.4 Å². The van der Waals surface area contributed by atoms with Gasteiger partial charge in [0.05, 0.1) is 37.8 Å². The fourth-order valence-corrected chi connectivity index (χ4v) is 4.71. The first-order chi connectivity index (χ1) is 12.2. The maximum absolute atomic E-state index is 5.33. The quantitative estimate of drug-likeness (QED) is 0.0872. The molecule has 0 aliphatic rings. The zero-order valence-electron chi connectivity index (χ0n) is 17.1. The molecular weight excluding hydrogens is 565 g/mol. The second-order valence-corrected chi connectivity index (χ2v) is 15.6. The van der Waals surface area contributed by atoms with Gasteiger partial charge in [0.15, 0.2) is 0 Å². The van der Waals surface area contributed by atoms with Crippen LogP contribution >= 0.6 is 11.4 Å². The average molecular weight is 601 g/mol. The van der Waals surface area contributed by atoms with Gasteiger partial charge in [-0.15, -0.1) is 0 Å². The van der Waals surface area contributed by atoms with E-state index in [0.717, 1.165) is 51.4 Å². The van der Waals surface area contributed by atoms with E-state index in [-0.39, 0.29) is 23.9 Å². The van der Waals surface area contributed by atoms with Crippen LogP contribution in [0.2, 0.25) is 0 Å². The van der Waals surface area contributed by atoms with Crippen LogP contribution in [0.5, 0.6) is 0 Å². The molecule has 0 rings (SSSR count). The molecule has 0 aliphatic heterocycles. The monoisotopic (exact) mass is 602 g/mol. The Balaban J connectivity index is -0.000000411. The third-order valence-corrected chi connectivity index (χ3v) is 7.51. The molecule has 162 valence electrons. The van der Waals surface area contributed by atoms with E-state index in [1.54, 1.807) is 0 Å². The van der Waals surface area contributed by atoms with E-state index in [9.17, 15) is 0 Å². The number of hydrogen-bond donors (Lipinski definition) is 0. The Kier molecular flexibility index (Phi) is 29.6. The van der Waals surface area contributed by atoms with Crippen molar-refractivity contribution in [3.63, 3.8) is 0 Å². The zero-order valence-corrected chi connectivity index (χ0v) is 25.1. The van der Waals surface area contributed by atoms with Crippen LogP contribution in [0.1, 0.15) is 79.1 Å². The maximum Gasteiger partial charge on any atom is 2.00 e. The van der Waals surface area contributed by atoms with Crippen LogP contribution in [-0.4, -0.2) is 50.3 Å². The van der Waals surface area contributed by atoms with Crippen molar-refractivity contribution in [2.45, 2.75) is 79.1 Å². The molecule has 0 saturated heterocycles. The van der Waals surface area contributed by atoms with Gasteiger partial charge in [-0.25, -0.2) is 0 Å². The summed E-state index contributed by atoms with van der Waals surface area (Å²) in [5.41, 5.74) is -4.67. The van der Waals surface area contributed by atoms with E-state index in [0.29, 0.717) is 26.4 Å². The Morgan fingerprint density at radius 1 is 0.556 bits per heavy atom. The van der Waals surface area contributed by atoms with Crippen molar-refractivity contribution in [3.05, 3.63) is 0 Å². The summed E-state index contributed by atoms with van der Waals surface area (Å²) in [6, 6.07) is 0. The van der Waals surface area contributed by atoms with Crippen LogP contribution in [0.3, 0.4) is 0 Å². The second-order valence-electron chi connectivity index (χ2n) is 5.64. The van der Waals surface area contributed by atoms with Crippen LogP contribution in [0, 0.1) is 0 Å². The van der Waals surface area contributed by atoms with E-state index in [1.807, 2.05) is 0 Å². The first kappa shape index (κ1) is 34.3. The summed E-state index contributed by atoms with van der Waals surface area (Å²) in [6.45, 7) is 11.0. The summed E-state index contributed by atoms with van der Waals surface area (Å²) in [5.74, 6) is 0. The van der Waals surface area contributed by atoms with E-state index >= 15 is 0 Å². The fourth-order valence-electron chi connectivity index (χ4n) is 1.36. The Morgan fingerprint density at radius 2 is 0.741 bits per heavy atom. The van der Waals surface area contributed by atoms with Crippen molar-refractivity contribution >= 4 is 83.4 Å². The molecule has 0 spiro atoms. The van der Waals surface area contributed by atoms with Gasteiger partial charge in [-0.1, -0.05) is 77.0 Å². The van der Waals surface area contributed by atoms with Crippen molar-refractivity contribution in [1.82, 2.24) is 0 Å². The number of rotatable bonds is 16. The first-order valence-electron chi connectivity index (χ1n) is 9.44. The van der Waals surface area contributed by atoms with E-state index in [2.05, 4.69) is 27.7 Å². The van der Waals surface area contributed by atoms with Gasteiger partial charge >= 0.3 is 23.9 Å². The van der Waals surface area contributed by atoms with Crippen molar-refractivity contribution in [3.8, 4) is 0 Å². The molecule has 0 N–H and O–H groups in total. The molecule has 2 radical (unpaired) electrons. The topological polar surface area (TPSA) is 36.9 Å². The molecule has 0 saturated carbocycles. The standard InChI is InChI=1S/2C8H19O2PS2.Sn/c2*1-3-5-7-9-11(12,13)10-8-6-4-2;/h2*3-8H2,1-2H3,(H,12,13);/q;;+2/p-2. The molecule has 0 aromatic carbocycles. The molecular formula is C16H36O4P2S4Sn. The van der Waals surface area contributed by atoms with Gasteiger partial charge < -0.3 is 42.6 Å². The van der Waals surface area contributed by atoms with Gasteiger partial charge in [0.1, 0.15) is 0 Å². The van der Waals surface area contributed by atoms with Crippen LogP contribution in [0.25, 0.3) is 0 Å². The van der Waals surface area contributed by atoms with Crippen molar-refractivity contribution in [1.29, 1.82) is 0 Å². The maximum atomic E-state index is 5.33. The van der Waals surface area contributed by atoms with Gasteiger partial charge in [-0.2, -0.15) is 0 Å². The zero-order chi connectivity index (χ0) is 20.3. The van der Waals surface area contributed by atoms with Gasteiger partial charge in [0, 0.05) is 0 Å². The number of hydrogen-bond acceptors (Lipinski definition) is 8. The Bertz CT molecular complexity index is 343. The van der Waals surface area contributed by atoms with E-state index in [1.165, 1.54) is 0 Å². The number of unbranched alkanes of at least 4 members (excludes halogenated alkanes) is 4. The Labute approximate surface area is 205 Å². The SMILES string of the molecule is CCCCOP(=S)([S-])OCCCC.CCCCOP(=S)([S-])OCCCC.[Sn+2]. The predicted octanol–water partition coefficient (Wildman–Crippen LogP) is 6.40. The molecule has 0 amide bonds. The molecule has 0 atom stereocenters. The van der Waals surface area contributed by atoms with Crippen LogP contribution in [0.15, 0.2) is 0 Å². The van der Waals surface area contributed by atoms with Gasteiger partial charge in [0.25, 0.3) is 0 Å². The third-order valence-electron chi connectivity index (χ3n) is 2.99. The van der Waals surface area contributed by atoms with Crippen LogP contribution < -0.4 is 0 Å². The van der Waals surface area contributed by atoms with Gasteiger partial charge in [-0.05, 0) is 25.7 Å². The summed E-state index contributed by atoms with van der Waals surface area (Å²) >= 11 is 20.2. The second kappa shape index (κ2) is 23.3. The minimum Gasteiger partial charge on any atom is -0.691 e. The fraction of sp³-hybridized carbons (Fsp3) is 1.00. The molecule has 27 heavy (non-hydrogen) atoms. The Morgan fingerprint density at radius 3 is 0.889 bits per heavy atom. The van der Waals surface area contributed by atoms with Gasteiger partial charge in [0.2, 0.25) is 0 Å². The average Bonchev–Trinajstić information content (AvgIpc) is 2.56. The minimum absolute atomic E-state index is 0. The Hall–Kier alpha value is 2.64. The van der Waals surface area contributed by atoms with E-state index in [4.69, 9.17) is 66.2 Å². The van der Waals surface area contributed by atoms with Crippen molar-refractivity contribution < 1.29 is 18.1 Å². The normalized spacial score (nSPS) is 11.5. The largest absolute Gasteiger partial charge is 2.00 e. The molecule has 0 aromatic heterocycles. The molecule has 4 nitrogen and oxygen atoms in total. The first-order valence-corrected chi connectivity index (χ1v) is 16.7.